The maximum atomic E-state index is 4.40. The fourth-order valence-electron chi connectivity index (χ4n) is 1.35. The van der Waals surface area contributed by atoms with Gasteiger partial charge in [0.1, 0.15) is 0 Å². The van der Waals surface area contributed by atoms with Crippen LogP contribution in [0.1, 0.15) is 22.0 Å². The van der Waals surface area contributed by atoms with E-state index < -0.39 is 0 Å². The van der Waals surface area contributed by atoms with E-state index in [0.29, 0.717) is 0 Å². The quantitative estimate of drug-likeness (QED) is 0.620. The molecule has 0 aliphatic heterocycles. The first kappa shape index (κ1) is 11.5. The third-order valence-electron chi connectivity index (χ3n) is 2.14. The van der Waals surface area contributed by atoms with E-state index in [1.165, 1.54) is 4.88 Å². The molecule has 5 heteroatoms. The SMILES string of the molecule is Cc1cc(C)nc(SCc2scnc2C)n1. The van der Waals surface area contributed by atoms with Crippen molar-refractivity contribution in [3.05, 3.63) is 33.5 Å². The number of hydrogen-bond donors (Lipinski definition) is 0. The highest BCUT2D eigenvalue weighted by Crippen LogP contribution is 2.24. The zero-order valence-corrected chi connectivity index (χ0v) is 11.2. The molecule has 0 aromatic carbocycles. The largest absolute Gasteiger partial charge is 0.250 e. The highest BCUT2D eigenvalue weighted by atomic mass is 32.2. The van der Waals surface area contributed by atoms with Crippen LogP contribution in [0.5, 0.6) is 0 Å². The van der Waals surface area contributed by atoms with Crippen LogP contribution in [0.4, 0.5) is 0 Å². The van der Waals surface area contributed by atoms with Crippen molar-refractivity contribution in [1.82, 2.24) is 15.0 Å². The first-order chi connectivity index (χ1) is 7.65. The van der Waals surface area contributed by atoms with Crippen molar-refractivity contribution in [2.24, 2.45) is 0 Å². The van der Waals surface area contributed by atoms with Gasteiger partial charge in [0.25, 0.3) is 0 Å². The summed E-state index contributed by atoms with van der Waals surface area (Å²) < 4.78 is 0. The van der Waals surface area contributed by atoms with E-state index in [0.717, 1.165) is 28.0 Å². The lowest BCUT2D eigenvalue weighted by Crippen LogP contribution is -1.93. The van der Waals surface area contributed by atoms with Crippen LogP contribution >= 0.6 is 23.1 Å². The molecule has 0 saturated carbocycles. The van der Waals surface area contributed by atoms with Gasteiger partial charge < -0.3 is 0 Å². The molecule has 84 valence electrons. The molecule has 2 aromatic heterocycles. The van der Waals surface area contributed by atoms with E-state index in [4.69, 9.17) is 0 Å². The number of hydrogen-bond acceptors (Lipinski definition) is 5. The molecule has 0 bridgehead atoms. The Kier molecular flexibility index (Phi) is 3.56. The van der Waals surface area contributed by atoms with E-state index in [9.17, 15) is 0 Å². The van der Waals surface area contributed by atoms with Gasteiger partial charge in [-0.1, -0.05) is 11.8 Å². The minimum atomic E-state index is 0.852. The van der Waals surface area contributed by atoms with Crippen LogP contribution in [0.3, 0.4) is 0 Å². The topological polar surface area (TPSA) is 38.7 Å². The monoisotopic (exact) mass is 251 g/mol. The molecule has 0 fully saturated rings. The van der Waals surface area contributed by atoms with Crippen molar-refractivity contribution in [2.75, 3.05) is 0 Å². The van der Waals surface area contributed by atoms with Gasteiger partial charge in [0, 0.05) is 22.0 Å². The lowest BCUT2D eigenvalue weighted by molar-refractivity contribution is 0.902. The van der Waals surface area contributed by atoms with Crippen LogP contribution in [-0.4, -0.2) is 15.0 Å². The number of nitrogens with zero attached hydrogens (tertiary/aromatic N) is 3. The van der Waals surface area contributed by atoms with Gasteiger partial charge in [-0.2, -0.15) is 0 Å². The third kappa shape index (κ3) is 2.80. The van der Waals surface area contributed by atoms with Crippen LogP contribution < -0.4 is 0 Å². The Morgan fingerprint density at radius 3 is 2.44 bits per heavy atom. The molecule has 2 aromatic rings. The Labute approximate surface area is 103 Å². The molecule has 3 nitrogen and oxygen atoms in total. The molecule has 0 radical (unpaired) electrons. The van der Waals surface area contributed by atoms with Gasteiger partial charge in [-0.3, -0.25) is 0 Å². The Bertz CT molecular complexity index is 473. The van der Waals surface area contributed by atoms with Crippen LogP contribution in [0, 0.1) is 20.8 Å². The first-order valence-corrected chi connectivity index (χ1v) is 6.86. The second kappa shape index (κ2) is 4.93. The normalized spacial score (nSPS) is 10.7. The summed E-state index contributed by atoms with van der Waals surface area (Å²) in [6.45, 7) is 6.03. The van der Waals surface area contributed by atoms with Gasteiger partial charge in [0.2, 0.25) is 0 Å². The van der Waals surface area contributed by atoms with Crippen molar-refractivity contribution >= 4 is 23.1 Å². The minimum absolute atomic E-state index is 0.852. The van der Waals surface area contributed by atoms with Crippen LogP contribution in [0.15, 0.2) is 16.7 Å². The summed E-state index contributed by atoms with van der Waals surface area (Å²) in [6.07, 6.45) is 0. The molecule has 0 aliphatic rings. The van der Waals surface area contributed by atoms with Gasteiger partial charge in [-0.25, -0.2) is 15.0 Å². The predicted octanol–water partition coefficient (Wildman–Crippen LogP) is 3.15. The van der Waals surface area contributed by atoms with Crippen molar-refractivity contribution in [1.29, 1.82) is 0 Å². The number of rotatable bonds is 3. The molecule has 0 amide bonds. The fourth-order valence-corrected chi connectivity index (χ4v) is 3.25. The zero-order valence-electron chi connectivity index (χ0n) is 9.52. The molecule has 0 aliphatic carbocycles. The molecule has 0 spiro atoms. The van der Waals surface area contributed by atoms with Crippen molar-refractivity contribution in [3.63, 3.8) is 0 Å². The van der Waals surface area contributed by atoms with Gasteiger partial charge in [-0.15, -0.1) is 11.3 Å². The molecule has 0 atom stereocenters. The summed E-state index contributed by atoms with van der Waals surface area (Å²) >= 11 is 3.36. The number of aryl methyl sites for hydroxylation is 3. The van der Waals surface area contributed by atoms with Crippen molar-refractivity contribution < 1.29 is 0 Å². The zero-order chi connectivity index (χ0) is 11.5. The Morgan fingerprint density at radius 1 is 1.19 bits per heavy atom. The molecule has 2 rings (SSSR count). The average Bonchev–Trinajstić information content (AvgIpc) is 2.59. The van der Waals surface area contributed by atoms with Gasteiger partial charge in [-0.05, 0) is 26.8 Å². The summed E-state index contributed by atoms with van der Waals surface area (Å²) in [5.74, 6) is 0.902. The molecule has 16 heavy (non-hydrogen) atoms. The lowest BCUT2D eigenvalue weighted by Gasteiger charge is -2.02. The molecule has 0 N–H and O–H groups in total. The van der Waals surface area contributed by atoms with E-state index in [1.807, 2.05) is 32.3 Å². The van der Waals surface area contributed by atoms with Crippen LogP contribution in [0.25, 0.3) is 0 Å². The first-order valence-electron chi connectivity index (χ1n) is 4.99. The summed E-state index contributed by atoms with van der Waals surface area (Å²) in [7, 11) is 0. The van der Waals surface area contributed by atoms with E-state index >= 15 is 0 Å². The number of aromatic nitrogens is 3. The van der Waals surface area contributed by atoms with Crippen molar-refractivity contribution in [2.45, 2.75) is 31.7 Å². The average molecular weight is 251 g/mol. The predicted molar refractivity (Wildman–Crippen MR) is 67.9 cm³/mol. The number of thiazole rings is 1. The third-order valence-corrected chi connectivity index (χ3v) is 4.13. The standard InChI is InChI=1S/C11H13N3S2/c1-7-4-8(2)14-11(13-7)15-5-10-9(3)12-6-16-10/h4,6H,5H2,1-3H3. The second-order valence-electron chi connectivity index (χ2n) is 3.58. The Morgan fingerprint density at radius 2 is 1.88 bits per heavy atom. The van der Waals surface area contributed by atoms with Crippen molar-refractivity contribution in [3.8, 4) is 0 Å². The summed E-state index contributed by atoms with van der Waals surface area (Å²) in [5.41, 5.74) is 5.04. The van der Waals surface area contributed by atoms with E-state index in [-0.39, 0.29) is 0 Å². The summed E-state index contributed by atoms with van der Waals surface area (Å²) in [5, 5.41) is 0.852. The second-order valence-corrected chi connectivity index (χ2v) is 5.46. The Balaban J connectivity index is 2.07. The number of thioether (sulfide) groups is 1. The van der Waals surface area contributed by atoms with Gasteiger partial charge >= 0.3 is 0 Å². The Hall–Kier alpha value is -0.940. The fraction of sp³-hybridized carbons (Fsp3) is 0.364. The van der Waals surface area contributed by atoms with E-state index in [1.54, 1.807) is 23.1 Å². The maximum Gasteiger partial charge on any atom is 0.188 e. The highest BCUT2D eigenvalue weighted by molar-refractivity contribution is 7.98. The van der Waals surface area contributed by atoms with Crippen LogP contribution in [-0.2, 0) is 5.75 Å². The van der Waals surface area contributed by atoms with Gasteiger partial charge in [0.15, 0.2) is 5.16 Å². The molecular formula is C11H13N3S2. The van der Waals surface area contributed by atoms with Gasteiger partial charge in [0.05, 0.1) is 11.2 Å². The summed E-state index contributed by atoms with van der Waals surface area (Å²) in [4.78, 5) is 14.3. The smallest absolute Gasteiger partial charge is 0.188 e. The highest BCUT2D eigenvalue weighted by Gasteiger charge is 2.05. The molecule has 2 heterocycles. The minimum Gasteiger partial charge on any atom is -0.250 e. The van der Waals surface area contributed by atoms with Crippen LogP contribution in [0.2, 0.25) is 0 Å². The van der Waals surface area contributed by atoms with E-state index in [2.05, 4.69) is 15.0 Å². The molecule has 0 saturated heterocycles. The lowest BCUT2D eigenvalue weighted by atomic mass is 10.4. The molecular weight excluding hydrogens is 238 g/mol. The maximum absolute atomic E-state index is 4.40. The summed E-state index contributed by atoms with van der Waals surface area (Å²) in [6, 6.07) is 1.99. The molecule has 0 unspecified atom stereocenters.